The summed E-state index contributed by atoms with van der Waals surface area (Å²) in [4.78, 5) is 0. The number of nitrogens with zero attached hydrogens (tertiary/aromatic N) is 1. The molecule has 20 heavy (non-hydrogen) atoms. The molecule has 104 valence electrons. The molecule has 1 aromatic heterocycles. The molecule has 0 aliphatic rings. The largest absolute Gasteiger partial charge is 0.389 e. The molecule has 0 aliphatic heterocycles. The molecule has 3 rings (SSSR count). The van der Waals surface area contributed by atoms with E-state index in [1.807, 2.05) is 43.4 Å². The second kappa shape index (κ2) is 4.62. The molecule has 0 amide bonds. The highest BCUT2D eigenvalue weighted by molar-refractivity contribution is 6.08. The number of benzene rings is 2. The molecule has 2 N–H and O–H groups in total. The maximum Gasteiger partial charge on any atom is 0.0762 e. The summed E-state index contributed by atoms with van der Waals surface area (Å²) in [5.41, 5.74) is 4.08. The van der Waals surface area contributed by atoms with Crippen LogP contribution in [0.1, 0.15) is 37.2 Å². The highest BCUT2D eigenvalue weighted by Crippen LogP contribution is 2.32. The van der Waals surface area contributed by atoms with Gasteiger partial charge in [0.25, 0.3) is 0 Å². The SMILES string of the molecule is CC(O)c1ccc2c(c1)c1cc(C(C)O)ccc1n2C. The van der Waals surface area contributed by atoms with Gasteiger partial charge >= 0.3 is 0 Å². The average Bonchev–Trinajstić information content (AvgIpc) is 2.71. The van der Waals surface area contributed by atoms with E-state index in [0.717, 1.165) is 32.9 Å². The Morgan fingerprint density at radius 1 is 0.800 bits per heavy atom. The summed E-state index contributed by atoms with van der Waals surface area (Å²) < 4.78 is 2.14. The minimum atomic E-state index is -0.477. The molecule has 0 spiro atoms. The van der Waals surface area contributed by atoms with Gasteiger partial charge < -0.3 is 14.8 Å². The molecular weight excluding hydrogens is 250 g/mol. The van der Waals surface area contributed by atoms with E-state index in [0.29, 0.717) is 0 Å². The van der Waals surface area contributed by atoms with Crippen molar-refractivity contribution in [2.24, 2.45) is 7.05 Å². The van der Waals surface area contributed by atoms with Crippen LogP contribution >= 0.6 is 0 Å². The average molecular weight is 269 g/mol. The zero-order valence-electron chi connectivity index (χ0n) is 12.0. The summed E-state index contributed by atoms with van der Waals surface area (Å²) in [7, 11) is 2.04. The second-order valence-electron chi connectivity index (χ2n) is 5.46. The monoisotopic (exact) mass is 269 g/mol. The van der Waals surface area contributed by atoms with Crippen molar-refractivity contribution in [3.8, 4) is 0 Å². The van der Waals surface area contributed by atoms with Crippen molar-refractivity contribution in [2.45, 2.75) is 26.1 Å². The van der Waals surface area contributed by atoms with Crippen molar-refractivity contribution in [1.82, 2.24) is 4.57 Å². The molecule has 0 bridgehead atoms. The number of aliphatic hydroxyl groups excluding tert-OH is 2. The van der Waals surface area contributed by atoms with Gasteiger partial charge in [-0.15, -0.1) is 0 Å². The van der Waals surface area contributed by atoms with Crippen LogP contribution in [-0.4, -0.2) is 14.8 Å². The quantitative estimate of drug-likeness (QED) is 0.748. The fraction of sp³-hybridized carbons (Fsp3) is 0.294. The Kier molecular flexibility index (Phi) is 3.04. The van der Waals surface area contributed by atoms with Gasteiger partial charge in [0.15, 0.2) is 0 Å². The van der Waals surface area contributed by atoms with Crippen molar-refractivity contribution in [1.29, 1.82) is 0 Å². The van der Waals surface area contributed by atoms with Crippen LogP contribution in [0.2, 0.25) is 0 Å². The summed E-state index contributed by atoms with van der Waals surface area (Å²) >= 11 is 0. The number of fused-ring (bicyclic) bond motifs is 3. The molecule has 0 saturated heterocycles. The van der Waals surface area contributed by atoms with E-state index in [9.17, 15) is 10.2 Å². The molecule has 2 atom stereocenters. The fourth-order valence-corrected chi connectivity index (χ4v) is 2.77. The standard InChI is InChI=1S/C17H19NO2/c1-10(19)12-4-6-16-14(8-12)15-9-13(11(2)20)5-7-17(15)18(16)3/h4-11,19-20H,1-3H3. The number of aromatic nitrogens is 1. The zero-order chi connectivity index (χ0) is 14.4. The molecule has 2 unspecified atom stereocenters. The van der Waals surface area contributed by atoms with E-state index in [2.05, 4.69) is 4.57 Å². The van der Waals surface area contributed by atoms with Gasteiger partial charge in [0, 0.05) is 28.9 Å². The molecule has 0 aliphatic carbocycles. The maximum absolute atomic E-state index is 9.76. The smallest absolute Gasteiger partial charge is 0.0762 e. The Balaban J connectivity index is 2.38. The van der Waals surface area contributed by atoms with Gasteiger partial charge in [-0.3, -0.25) is 0 Å². The van der Waals surface area contributed by atoms with Crippen molar-refractivity contribution in [3.05, 3.63) is 47.5 Å². The number of hydrogen-bond acceptors (Lipinski definition) is 2. The van der Waals surface area contributed by atoms with E-state index in [1.165, 1.54) is 0 Å². The predicted molar refractivity (Wildman–Crippen MR) is 81.7 cm³/mol. The lowest BCUT2D eigenvalue weighted by Gasteiger charge is -2.05. The Labute approximate surface area is 118 Å². The normalized spacial score (nSPS) is 14.8. The third-order valence-corrected chi connectivity index (χ3v) is 4.02. The van der Waals surface area contributed by atoms with Gasteiger partial charge in [0.1, 0.15) is 0 Å². The molecule has 3 heteroatoms. The van der Waals surface area contributed by atoms with Crippen LogP contribution in [0.25, 0.3) is 21.8 Å². The van der Waals surface area contributed by atoms with Crippen LogP contribution in [0.4, 0.5) is 0 Å². The molecule has 0 radical (unpaired) electrons. The zero-order valence-corrected chi connectivity index (χ0v) is 12.0. The van der Waals surface area contributed by atoms with Gasteiger partial charge in [-0.1, -0.05) is 12.1 Å². The lowest BCUT2D eigenvalue weighted by molar-refractivity contribution is 0.199. The highest BCUT2D eigenvalue weighted by atomic mass is 16.3. The predicted octanol–water partition coefficient (Wildman–Crippen LogP) is 3.44. The molecule has 0 saturated carbocycles. The Bertz CT molecular complexity index is 719. The fourth-order valence-electron chi connectivity index (χ4n) is 2.77. The van der Waals surface area contributed by atoms with Crippen LogP contribution in [0, 0.1) is 0 Å². The van der Waals surface area contributed by atoms with Crippen molar-refractivity contribution in [2.75, 3.05) is 0 Å². The van der Waals surface area contributed by atoms with Crippen LogP contribution in [0.15, 0.2) is 36.4 Å². The van der Waals surface area contributed by atoms with Gasteiger partial charge in [-0.05, 0) is 49.2 Å². The molecule has 2 aromatic carbocycles. The van der Waals surface area contributed by atoms with E-state index < -0.39 is 12.2 Å². The van der Waals surface area contributed by atoms with Crippen LogP contribution < -0.4 is 0 Å². The number of aliphatic hydroxyl groups is 2. The topological polar surface area (TPSA) is 45.4 Å². The summed E-state index contributed by atoms with van der Waals surface area (Å²) in [6.45, 7) is 3.54. The van der Waals surface area contributed by atoms with E-state index in [1.54, 1.807) is 13.8 Å². The molecular formula is C17H19NO2. The maximum atomic E-state index is 9.76. The minimum absolute atomic E-state index is 0.477. The first-order valence-electron chi connectivity index (χ1n) is 6.87. The number of rotatable bonds is 2. The number of aryl methyl sites for hydroxylation is 1. The van der Waals surface area contributed by atoms with Crippen LogP contribution in [0.3, 0.4) is 0 Å². The van der Waals surface area contributed by atoms with Crippen molar-refractivity contribution < 1.29 is 10.2 Å². The van der Waals surface area contributed by atoms with Crippen LogP contribution in [0.5, 0.6) is 0 Å². The summed E-state index contributed by atoms with van der Waals surface area (Å²) in [5, 5.41) is 21.7. The van der Waals surface area contributed by atoms with Gasteiger partial charge in [0.2, 0.25) is 0 Å². The Morgan fingerprint density at radius 2 is 1.20 bits per heavy atom. The molecule has 3 nitrogen and oxygen atoms in total. The summed E-state index contributed by atoms with van der Waals surface area (Å²) in [6, 6.07) is 12.1. The lowest BCUT2D eigenvalue weighted by Crippen LogP contribution is -1.91. The summed E-state index contributed by atoms with van der Waals surface area (Å²) in [6.07, 6.45) is -0.954. The minimum Gasteiger partial charge on any atom is -0.389 e. The first kappa shape index (κ1) is 13.2. The van der Waals surface area contributed by atoms with E-state index in [4.69, 9.17) is 0 Å². The Hall–Kier alpha value is -1.84. The van der Waals surface area contributed by atoms with Crippen LogP contribution in [-0.2, 0) is 7.05 Å². The van der Waals surface area contributed by atoms with Gasteiger partial charge in [0.05, 0.1) is 12.2 Å². The van der Waals surface area contributed by atoms with Gasteiger partial charge in [-0.25, -0.2) is 0 Å². The first-order chi connectivity index (χ1) is 9.49. The van der Waals surface area contributed by atoms with Gasteiger partial charge in [-0.2, -0.15) is 0 Å². The Morgan fingerprint density at radius 3 is 1.55 bits per heavy atom. The highest BCUT2D eigenvalue weighted by Gasteiger charge is 2.12. The summed E-state index contributed by atoms with van der Waals surface area (Å²) in [5.74, 6) is 0. The molecule has 0 fully saturated rings. The third-order valence-electron chi connectivity index (χ3n) is 4.02. The molecule has 3 aromatic rings. The van der Waals surface area contributed by atoms with Crippen molar-refractivity contribution in [3.63, 3.8) is 0 Å². The lowest BCUT2D eigenvalue weighted by atomic mass is 10.0. The first-order valence-corrected chi connectivity index (χ1v) is 6.87. The second-order valence-corrected chi connectivity index (χ2v) is 5.46. The molecule has 1 heterocycles. The number of hydrogen-bond donors (Lipinski definition) is 2. The van der Waals surface area contributed by atoms with E-state index in [-0.39, 0.29) is 0 Å². The third kappa shape index (κ3) is 1.90. The van der Waals surface area contributed by atoms with Crippen molar-refractivity contribution >= 4 is 21.8 Å². The van der Waals surface area contributed by atoms with E-state index >= 15 is 0 Å².